The third kappa shape index (κ3) is 4.15. The highest BCUT2D eigenvalue weighted by Crippen LogP contribution is 2.18. The van der Waals surface area contributed by atoms with Gasteiger partial charge in [-0.25, -0.2) is 4.79 Å². The summed E-state index contributed by atoms with van der Waals surface area (Å²) in [5.74, 6) is -0.405. The summed E-state index contributed by atoms with van der Waals surface area (Å²) in [7, 11) is 1.34. The van der Waals surface area contributed by atoms with E-state index in [1.54, 1.807) is 36.7 Å². The fourth-order valence-electron chi connectivity index (χ4n) is 2.96. The molecule has 6 heteroatoms. The zero-order valence-electron chi connectivity index (χ0n) is 14.1. The number of hydrogen-bond acceptors (Lipinski definition) is 5. The molecule has 0 saturated carbocycles. The highest BCUT2D eigenvalue weighted by molar-refractivity contribution is 5.96. The highest BCUT2D eigenvalue weighted by Gasteiger charge is 2.23. The van der Waals surface area contributed by atoms with Gasteiger partial charge in [0.25, 0.3) is 5.91 Å². The van der Waals surface area contributed by atoms with Crippen molar-refractivity contribution in [2.75, 3.05) is 25.5 Å². The molecule has 1 saturated heterocycles. The van der Waals surface area contributed by atoms with E-state index in [0.29, 0.717) is 30.3 Å². The molecule has 1 aromatic carbocycles. The van der Waals surface area contributed by atoms with E-state index in [1.165, 1.54) is 7.11 Å². The van der Waals surface area contributed by atoms with Gasteiger partial charge in [-0.3, -0.25) is 9.78 Å². The first kappa shape index (κ1) is 17.0. The van der Waals surface area contributed by atoms with Crippen molar-refractivity contribution in [1.82, 2.24) is 9.88 Å². The second kappa shape index (κ2) is 7.79. The van der Waals surface area contributed by atoms with Gasteiger partial charge in [0.1, 0.15) is 0 Å². The number of hydrogen-bond donors (Lipinski definition) is 1. The second-order valence-corrected chi connectivity index (χ2v) is 6.02. The molecule has 1 fully saturated rings. The fraction of sp³-hybridized carbons (Fsp3) is 0.316. The number of methoxy groups -OCH3 is 1. The van der Waals surface area contributed by atoms with Gasteiger partial charge in [-0.2, -0.15) is 0 Å². The third-order valence-electron chi connectivity index (χ3n) is 4.37. The maximum Gasteiger partial charge on any atom is 0.337 e. The molecule has 0 spiro atoms. The Balaban J connectivity index is 1.55. The van der Waals surface area contributed by atoms with Crippen LogP contribution < -0.4 is 5.32 Å². The largest absolute Gasteiger partial charge is 0.465 e. The van der Waals surface area contributed by atoms with E-state index < -0.39 is 5.97 Å². The minimum Gasteiger partial charge on any atom is -0.465 e. The number of nitrogens with one attached hydrogen (secondary N) is 1. The average molecular weight is 339 g/mol. The number of aromatic nitrogens is 1. The van der Waals surface area contributed by atoms with Crippen molar-refractivity contribution in [3.63, 3.8) is 0 Å². The molecule has 2 aromatic rings. The summed E-state index contributed by atoms with van der Waals surface area (Å²) in [6.07, 6.45) is 5.33. The number of ether oxygens (including phenoxy) is 1. The molecule has 1 N–H and O–H groups in total. The number of anilines is 1. The lowest BCUT2D eigenvalue weighted by Gasteiger charge is -2.33. The van der Waals surface area contributed by atoms with Crippen molar-refractivity contribution in [2.45, 2.75) is 18.9 Å². The minimum absolute atomic E-state index is 0.00348. The minimum atomic E-state index is -0.402. The Morgan fingerprint density at radius 3 is 2.40 bits per heavy atom. The Bertz CT molecular complexity index is 723. The molecule has 0 bridgehead atoms. The van der Waals surface area contributed by atoms with Gasteiger partial charge in [-0.15, -0.1) is 0 Å². The topological polar surface area (TPSA) is 71.5 Å². The zero-order chi connectivity index (χ0) is 17.6. The lowest BCUT2D eigenvalue weighted by Crippen LogP contribution is -2.42. The summed E-state index contributed by atoms with van der Waals surface area (Å²) < 4.78 is 4.67. The molecule has 130 valence electrons. The Kier molecular flexibility index (Phi) is 5.28. The van der Waals surface area contributed by atoms with Gasteiger partial charge in [-0.05, 0) is 49.2 Å². The van der Waals surface area contributed by atoms with Gasteiger partial charge in [-0.1, -0.05) is 0 Å². The number of rotatable bonds is 4. The van der Waals surface area contributed by atoms with Crippen LogP contribution in [0.25, 0.3) is 0 Å². The molecule has 1 aliphatic heterocycles. The van der Waals surface area contributed by atoms with Crippen molar-refractivity contribution in [2.24, 2.45) is 0 Å². The number of likely N-dealkylation sites (tertiary alicyclic amines) is 1. The number of esters is 1. The van der Waals surface area contributed by atoms with E-state index in [9.17, 15) is 9.59 Å². The number of carbonyl (C=O) groups excluding carboxylic acids is 2. The molecule has 0 radical (unpaired) electrons. The Hall–Kier alpha value is -2.89. The molecular formula is C19H21N3O3. The van der Waals surface area contributed by atoms with Crippen LogP contribution in [-0.2, 0) is 4.74 Å². The van der Waals surface area contributed by atoms with Crippen LogP contribution >= 0.6 is 0 Å². The molecule has 6 nitrogen and oxygen atoms in total. The van der Waals surface area contributed by atoms with Crippen LogP contribution in [0.15, 0.2) is 48.8 Å². The molecule has 3 rings (SSSR count). The molecule has 0 unspecified atom stereocenters. The van der Waals surface area contributed by atoms with Crippen molar-refractivity contribution in [3.8, 4) is 0 Å². The highest BCUT2D eigenvalue weighted by atomic mass is 16.5. The first-order valence-electron chi connectivity index (χ1n) is 8.31. The van der Waals surface area contributed by atoms with E-state index in [2.05, 4.69) is 15.0 Å². The van der Waals surface area contributed by atoms with E-state index in [0.717, 1.165) is 18.5 Å². The van der Waals surface area contributed by atoms with E-state index in [4.69, 9.17) is 0 Å². The van der Waals surface area contributed by atoms with Crippen molar-refractivity contribution in [3.05, 3.63) is 59.9 Å². The molecule has 1 amide bonds. The standard InChI is InChI=1S/C19H21N3O3/c1-25-19(24)15-6-4-14(5-7-15)18(23)22-11-8-16(9-12-22)21-17-3-2-10-20-13-17/h2-7,10,13,16,21H,8-9,11-12H2,1H3. The number of nitrogens with zero attached hydrogens (tertiary/aromatic N) is 2. The number of carbonyl (C=O) groups is 2. The number of piperidine rings is 1. The van der Waals surface area contributed by atoms with Crippen LogP contribution in [0.3, 0.4) is 0 Å². The van der Waals surface area contributed by atoms with Gasteiger partial charge < -0.3 is 15.0 Å². The first-order valence-corrected chi connectivity index (χ1v) is 8.31. The van der Waals surface area contributed by atoms with Crippen LogP contribution in [0.1, 0.15) is 33.6 Å². The zero-order valence-corrected chi connectivity index (χ0v) is 14.1. The first-order chi connectivity index (χ1) is 12.2. The number of amides is 1. The predicted molar refractivity (Wildman–Crippen MR) is 94.6 cm³/mol. The summed E-state index contributed by atoms with van der Waals surface area (Å²) in [5.41, 5.74) is 2.04. The van der Waals surface area contributed by atoms with Gasteiger partial charge in [0, 0.05) is 37.1 Å². The van der Waals surface area contributed by atoms with Gasteiger partial charge in [0.2, 0.25) is 0 Å². The van der Waals surface area contributed by atoms with Crippen LogP contribution in [0.2, 0.25) is 0 Å². The predicted octanol–water partition coefficient (Wildman–Crippen LogP) is 2.58. The van der Waals surface area contributed by atoms with E-state index in [1.807, 2.05) is 17.0 Å². The summed E-state index contributed by atoms with van der Waals surface area (Å²) in [4.78, 5) is 30.0. The Labute approximate surface area is 146 Å². The molecule has 0 aliphatic carbocycles. The average Bonchev–Trinajstić information content (AvgIpc) is 2.68. The van der Waals surface area contributed by atoms with Crippen LogP contribution in [-0.4, -0.2) is 48.0 Å². The molecule has 1 aromatic heterocycles. The number of benzene rings is 1. The lowest BCUT2D eigenvalue weighted by atomic mass is 10.0. The molecule has 0 atom stereocenters. The smallest absolute Gasteiger partial charge is 0.337 e. The summed E-state index contributed by atoms with van der Waals surface area (Å²) >= 11 is 0. The monoisotopic (exact) mass is 339 g/mol. The normalized spacial score (nSPS) is 14.8. The van der Waals surface area contributed by atoms with Crippen molar-refractivity contribution < 1.29 is 14.3 Å². The maximum atomic E-state index is 12.6. The summed E-state index contributed by atoms with van der Waals surface area (Å²) in [6.45, 7) is 1.41. The third-order valence-corrected chi connectivity index (χ3v) is 4.37. The van der Waals surface area contributed by atoms with Crippen LogP contribution in [0.5, 0.6) is 0 Å². The van der Waals surface area contributed by atoms with Crippen molar-refractivity contribution in [1.29, 1.82) is 0 Å². The molecule has 2 heterocycles. The Morgan fingerprint density at radius 2 is 1.80 bits per heavy atom. The van der Waals surface area contributed by atoms with E-state index in [-0.39, 0.29) is 5.91 Å². The van der Waals surface area contributed by atoms with Crippen LogP contribution in [0.4, 0.5) is 5.69 Å². The Morgan fingerprint density at radius 1 is 1.12 bits per heavy atom. The quantitative estimate of drug-likeness (QED) is 0.867. The maximum absolute atomic E-state index is 12.6. The second-order valence-electron chi connectivity index (χ2n) is 6.02. The summed E-state index contributed by atoms with van der Waals surface area (Å²) in [5, 5.41) is 3.45. The molecular weight excluding hydrogens is 318 g/mol. The van der Waals surface area contributed by atoms with Crippen LogP contribution in [0, 0.1) is 0 Å². The van der Waals surface area contributed by atoms with Gasteiger partial charge >= 0.3 is 5.97 Å². The van der Waals surface area contributed by atoms with Gasteiger partial charge in [0.05, 0.1) is 18.4 Å². The number of pyridine rings is 1. The summed E-state index contributed by atoms with van der Waals surface area (Å²) in [6, 6.07) is 10.8. The molecule has 1 aliphatic rings. The van der Waals surface area contributed by atoms with Crippen molar-refractivity contribution >= 4 is 17.6 Å². The van der Waals surface area contributed by atoms with Gasteiger partial charge in [0.15, 0.2) is 0 Å². The van der Waals surface area contributed by atoms with E-state index >= 15 is 0 Å². The fourth-order valence-corrected chi connectivity index (χ4v) is 2.96. The molecule has 25 heavy (non-hydrogen) atoms. The SMILES string of the molecule is COC(=O)c1ccc(C(=O)N2CCC(Nc3cccnc3)CC2)cc1. The lowest BCUT2D eigenvalue weighted by molar-refractivity contribution is 0.0599.